The van der Waals surface area contributed by atoms with Crippen molar-refractivity contribution in [3.63, 3.8) is 0 Å². The van der Waals surface area contributed by atoms with Gasteiger partial charge in [-0.05, 0) is 34.9 Å². The van der Waals surface area contributed by atoms with Crippen LogP contribution >= 0.6 is 11.3 Å². The highest BCUT2D eigenvalue weighted by Crippen LogP contribution is 2.48. The normalized spacial score (nSPS) is 15.7. The Morgan fingerprint density at radius 1 is 0.903 bits per heavy atom. The van der Waals surface area contributed by atoms with E-state index in [0.29, 0.717) is 9.33 Å². The molecule has 2 heterocycles. The number of fused-ring (bicyclic) bond motifs is 6. The quantitative estimate of drug-likeness (QED) is 0.489. The van der Waals surface area contributed by atoms with Crippen molar-refractivity contribution in [1.29, 1.82) is 0 Å². The van der Waals surface area contributed by atoms with Gasteiger partial charge in [0.1, 0.15) is 5.75 Å². The zero-order valence-electron chi connectivity index (χ0n) is 16.1. The van der Waals surface area contributed by atoms with Crippen LogP contribution in [0.15, 0.2) is 82.6 Å². The van der Waals surface area contributed by atoms with Crippen molar-refractivity contribution < 1.29 is 9.90 Å². The van der Waals surface area contributed by atoms with Crippen LogP contribution in [0.3, 0.4) is 0 Å². The minimum Gasteiger partial charge on any atom is -0.508 e. The van der Waals surface area contributed by atoms with E-state index in [1.807, 2.05) is 48.5 Å². The summed E-state index contributed by atoms with van der Waals surface area (Å²) in [5.74, 6) is -0.190. The molecule has 2 N–H and O–H groups in total. The molecular weight excluding hydrogens is 410 g/mol. The first kappa shape index (κ1) is 17.9. The van der Waals surface area contributed by atoms with Gasteiger partial charge in [-0.25, -0.2) is 0 Å². The van der Waals surface area contributed by atoms with Gasteiger partial charge < -0.3 is 5.11 Å². The second kappa shape index (κ2) is 6.26. The van der Waals surface area contributed by atoms with Crippen molar-refractivity contribution >= 4 is 23.3 Å². The van der Waals surface area contributed by atoms with Gasteiger partial charge in [0.25, 0.3) is 11.5 Å². The molecule has 0 fully saturated rings. The number of aromatic hydroxyl groups is 1. The van der Waals surface area contributed by atoms with Gasteiger partial charge in [-0.2, -0.15) is 9.67 Å². The van der Waals surface area contributed by atoms with Crippen molar-refractivity contribution in [3.8, 4) is 16.9 Å². The van der Waals surface area contributed by atoms with Gasteiger partial charge in [-0.1, -0.05) is 72.0 Å². The Hall–Kier alpha value is -3.97. The van der Waals surface area contributed by atoms with E-state index in [2.05, 4.69) is 10.4 Å². The fourth-order valence-electron chi connectivity index (χ4n) is 4.34. The predicted octanol–water partition coefficient (Wildman–Crippen LogP) is 2.07. The van der Waals surface area contributed by atoms with Gasteiger partial charge in [-0.15, -0.1) is 0 Å². The standard InChI is InChI=1S/C24H15N3O3S/c28-15-11-9-14(10-12-15)13-20-21(29)27-23(31-20)25-22(30)24(26-27)18-7-3-1-5-16(18)17-6-2-4-8-19(17)24/h1-13,26,28H/b20-13+. The van der Waals surface area contributed by atoms with E-state index >= 15 is 0 Å². The number of aromatic nitrogens is 1. The Morgan fingerprint density at radius 2 is 1.52 bits per heavy atom. The maximum absolute atomic E-state index is 13.4. The van der Waals surface area contributed by atoms with Crippen LogP contribution < -0.4 is 20.3 Å². The Kier molecular flexibility index (Phi) is 3.61. The molecule has 0 atom stereocenters. The molecule has 2 aliphatic rings. The second-order valence-electron chi connectivity index (χ2n) is 7.50. The number of phenols is 1. The third kappa shape index (κ3) is 2.41. The van der Waals surface area contributed by atoms with Gasteiger partial charge in [-0.3, -0.25) is 15.0 Å². The van der Waals surface area contributed by atoms with Crippen molar-refractivity contribution in [3.05, 3.63) is 109 Å². The van der Waals surface area contributed by atoms with Crippen LogP contribution in [0.5, 0.6) is 5.75 Å². The lowest BCUT2D eigenvalue weighted by Crippen LogP contribution is -2.56. The first-order chi connectivity index (χ1) is 15.1. The van der Waals surface area contributed by atoms with Gasteiger partial charge in [0.05, 0.1) is 4.53 Å². The van der Waals surface area contributed by atoms with Crippen molar-refractivity contribution in [1.82, 2.24) is 4.68 Å². The number of nitrogens with one attached hydrogen (secondary N) is 1. The molecule has 0 unspecified atom stereocenters. The number of carbonyl (C=O) groups is 1. The average Bonchev–Trinajstić information content (AvgIpc) is 3.24. The van der Waals surface area contributed by atoms with Crippen LogP contribution in [0.4, 0.5) is 0 Å². The summed E-state index contributed by atoms with van der Waals surface area (Å²) in [4.78, 5) is 31.3. The lowest BCUT2D eigenvalue weighted by Gasteiger charge is -2.32. The molecule has 150 valence electrons. The Bertz CT molecular complexity index is 1520. The van der Waals surface area contributed by atoms with Crippen molar-refractivity contribution in [2.24, 2.45) is 4.99 Å². The molecule has 0 bridgehead atoms. The van der Waals surface area contributed by atoms with Gasteiger partial charge in [0.15, 0.2) is 5.54 Å². The zero-order chi connectivity index (χ0) is 21.2. The van der Waals surface area contributed by atoms with Crippen LogP contribution in [0.2, 0.25) is 0 Å². The molecule has 3 aromatic carbocycles. The summed E-state index contributed by atoms with van der Waals surface area (Å²) in [5, 5.41) is 9.48. The van der Waals surface area contributed by atoms with Crippen LogP contribution in [0.1, 0.15) is 16.7 Å². The minimum atomic E-state index is -1.24. The number of amides is 1. The second-order valence-corrected chi connectivity index (χ2v) is 8.50. The van der Waals surface area contributed by atoms with Crippen molar-refractivity contribution in [2.75, 3.05) is 5.43 Å². The summed E-state index contributed by atoms with van der Waals surface area (Å²) in [6, 6.07) is 22.0. The summed E-state index contributed by atoms with van der Waals surface area (Å²) in [6.07, 6.45) is 1.72. The highest BCUT2D eigenvalue weighted by Gasteiger charge is 2.51. The molecule has 1 aliphatic carbocycles. The summed E-state index contributed by atoms with van der Waals surface area (Å²) >= 11 is 1.15. The maximum atomic E-state index is 13.4. The largest absolute Gasteiger partial charge is 0.508 e. The first-order valence-electron chi connectivity index (χ1n) is 9.71. The zero-order valence-corrected chi connectivity index (χ0v) is 16.9. The van der Waals surface area contributed by atoms with Crippen LogP contribution in [-0.4, -0.2) is 15.7 Å². The third-order valence-corrected chi connectivity index (χ3v) is 6.72. The Labute approximate surface area is 180 Å². The molecule has 6 rings (SSSR count). The average molecular weight is 425 g/mol. The first-order valence-corrected chi connectivity index (χ1v) is 10.5. The molecule has 0 saturated carbocycles. The molecule has 1 aliphatic heterocycles. The minimum absolute atomic E-state index is 0.155. The maximum Gasteiger partial charge on any atom is 0.288 e. The van der Waals surface area contributed by atoms with E-state index in [0.717, 1.165) is 39.2 Å². The van der Waals surface area contributed by atoms with Gasteiger partial charge in [0.2, 0.25) is 4.80 Å². The summed E-state index contributed by atoms with van der Waals surface area (Å²) in [6.45, 7) is 0. The Balaban J connectivity index is 1.58. The third-order valence-electron chi connectivity index (χ3n) is 5.75. The van der Waals surface area contributed by atoms with E-state index < -0.39 is 5.54 Å². The van der Waals surface area contributed by atoms with Crippen LogP contribution in [-0.2, 0) is 10.3 Å². The number of nitrogens with zero attached hydrogens (tertiary/aromatic N) is 2. The monoisotopic (exact) mass is 425 g/mol. The topological polar surface area (TPSA) is 83.7 Å². The number of hydrogen-bond donors (Lipinski definition) is 2. The SMILES string of the molecule is O=C1N=c2s/c(=C/c3ccc(O)cc3)c(=O)n2NC12c1ccccc1-c1ccccc12. The molecule has 31 heavy (non-hydrogen) atoms. The smallest absolute Gasteiger partial charge is 0.288 e. The van der Waals surface area contributed by atoms with Crippen molar-refractivity contribution in [2.45, 2.75) is 5.54 Å². The number of thiazole rings is 1. The van der Waals surface area contributed by atoms with E-state index in [-0.39, 0.29) is 17.2 Å². The number of carbonyl (C=O) groups excluding carboxylic acids is 1. The fraction of sp³-hybridized carbons (Fsp3) is 0.0417. The van der Waals surface area contributed by atoms with E-state index in [1.165, 1.54) is 4.68 Å². The molecular formula is C24H15N3O3S. The van der Waals surface area contributed by atoms with E-state index in [9.17, 15) is 14.7 Å². The molecule has 1 aromatic heterocycles. The van der Waals surface area contributed by atoms with Crippen LogP contribution in [0, 0.1) is 0 Å². The molecule has 7 heteroatoms. The van der Waals surface area contributed by atoms with Crippen LogP contribution in [0.25, 0.3) is 17.2 Å². The highest BCUT2D eigenvalue weighted by atomic mass is 32.1. The number of benzene rings is 3. The molecule has 4 aromatic rings. The summed E-state index contributed by atoms with van der Waals surface area (Å²) < 4.78 is 1.82. The summed E-state index contributed by atoms with van der Waals surface area (Å²) in [5.41, 5.74) is 5.98. The lowest BCUT2D eigenvalue weighted by atomic mass is 9.87. The number of rotatable bonds is 1. The molecule has 1 spiro atoms. The molecule has 0 radical (unpaired) electrons. The van der Waals surface area contributed by atoms with Gasteiger partial charge in [0, 0.05) is 11.1 Å². The highest BCUT2D eigenvalue weighted by molar-refractivity contribution is 7.07. The fourth-order valence-corrected chi connectivity index (χ4v) is 5.26. The number of phenolic OH excluding ortho intramolecular Hbond substituents is 1. The van der Waals surface area contributed by atoms with Gasteiger partial charge >= 0.3 is 0 Å². The lowest BCUT2D eigenvalue weighted by molar-refractivity contribution is -0.122. The molecule has 6 nitrogen and oxygen atoms in total. The number of hydrogen-bond acceptors (Lipinski definition) is 5. The molecule has 0 saturated heterocycles. The molecule has 1 amide bonds. The predicted molar refractivity (Wildman–Crippen MR) is 118 cm³/mol. The van der Waals surface area contributed by atoms with E-state index in [4.69, 9.17) is 0 Å². The van der Waals surface area contributed by atoms with E-state index in [1.54, 1.807) is 30.3 Å². The summed E-state index contributed by atoms with van der Waals surface area (Å²) in [7, 11) is 0. The Morgan fingerprint density at radius 3 is 2.16 bits per heavy atom.